The van der Waals surface area contributed by atoms with Gasteiger partial charge in [0.1, 0.15) is 0 Å². The van der Waals surface area contributed by atoms with Crippen LogP contribution in [0.5, 0.6) is 0 Å². The van der Waals surface area contributed by atoms with Gasteiger partial charge in [-0.1, -0.05) is 6.92 Å². The Morgan fingerprint density at radius 1 is 1.25 bits per heavy atom. The number of amides is 3. The molecule has 0 radical (unpaired) electrons. The summed E-state index contributed by atoms with van der Waals surface area (Å²) in [6.45, 7) is 6.24. The lowest BCUT2D eigenvalue weighted by molar-refractivity contribution is 0.161. The summed E-state index contributed by atoms with van der Waals surface area (Å²) in [5.41, 5.74) is 1.29. The molecule has 0 unspecified atom stereocenters. The van der Waals surface area contributed by atoms with Crippen LogP contribution in [0.2, 0.25) is 0 Å². The van der Waals surface area contributed by atoms with E-state index in [1.807, 2.05) is 6.92 Å². The van der Waals surface area contributed by atoms with Crippen LogP contribution in [0.4, 0.5) is 21.0 Å². The minimum atomic E-state index is -0.428. The third kappa shape index (κ3) is 6.87. The van der Waals surface area contributed by atoms with Crippen LogP contribution in [0.1, 0.15) is 27.2 Å². The topological polar surface area (TPSA) is 90.9 Å². The Morgan fingerprint density at radius 3 is 2.42 bits per heavy atom. The number of nitrogens with one attached hydrogen (secondary N) is 2. The van der Waals surface area contributed by atoms with E-state index < -0.39 is 6.09 Å². The monoisotopic (exact) mass is 337 g/mol. The lowest BCUT2D eigenvalue weighted by atomic mass is 10.1. The Kier molecular flexibility index (Phi) is 8.05. The molecule has 1 rings (SSSR count). The van der Waals surface area contributed by atoms with E-state index in [4.69, 9.17) is 4.74 Å². The van der Waals surface area contributed by atoms with Crippen molar-refractivity contribution < 1.29 is 19.4 Å². The van der Waals surface area contributed by atoms with Gasteiger partial charge in [-0.3, -0.25) is 4.90 Å². The van der Waals surface area contributed by atoms with E-state index in [1.165, 1.54) is 4.90 Å². The molecule has 134 valence electrons. The predicted octanol–water partition coefficient (Wildman–Crippen LogP) is 2.81. The molecular weight excluding hydrogens is 310 g/mol. The molecule has 0 aliphatic carbocycles. The van der Waals surface area contributed by atoms with Gasteiger partial charge in [0, 0.05) is 25.0 Å². The first-order valence-corrected chi connectivity index (χ1v) is 8.07. The molecule has 1 aromatic rings. The Bertz CT molecular complexity index is 531. The maximum atomic E-state index is 11.8. The van der Waals surface area contributed by atoms with Gasteiger partial charge in [-0.05, 0) is 50.5 Å². The fourth-order valence-electron chi connectivity index (χ4n) is 2.20. The number of aliphatic hydroxyl groups is 1. The molecule has 0 spiro atoms. The average Bonchev–Trinajstić information content (AvgIpc) is 2.52. The molecule has 0 aliphatic rings. The largest absolute Gasteiger partial charge is 0.449 e. The van der Waals surface area contributed by atoms with Crippen LogP contribution < -0.4 is 15.5 Å². The SMILES string of the molecule is CCOC(=O)N(C)c1ccc(NC(=O)NC[C@H](C)C[C@@H](C)O)cc1. The molecule has 3 N–H and O–H groups in total. The molecule has 0 aliphatic heterocycles. The number of ether oxygens (including phenoxy) is 1. The summed E-state index contributed by atoms with van der Waals surface area (Å²) in [6, 6.07) is 6.57. The molecule has 3 amide bonds. The zero-order chi connectivity index (χ0) is 18.1. The first-order chi connectivity index (χ1) is 11.3. The number of carbonyl (C=O) groups excluding carboxylic acids is 2. The van der Waals surface area contributed by atoms with E-state index >= 15 is 0 Å². The van der Waals surface area contributed by atoms with Crippen LogP contribution >= 0.6 is 0 Å². The number of benzene rings is 1. The number of nitrogens with zero attached hydrogens (tertiary/aromatic N) is 1. The van der Waals surface area contributed by atoms with Crippen LogP contribution in [0.25, 0.3) is 0 Å². The van der Waals surface area contributed by atoms with Crippen molar-refractivity contribution >= 4 is 23.5 Å². The fourth-order valence-corrected chi connectivity index (χ4v) is 2.20. The van der Waals surface area contributed by atoms with Crippen LogP contribution in [0.15, 0.2) is 24.3 Å². The van der Waals surface area contributed by atoms with Gasteiger partial charge in [0.05, 0.1) is 12.7 Å². The predicted molar refractivity (Wildman–Crippen MR) is 94.4 cm³/mol. The first kappa shape index (κ1) is 19.8. The third-order valence-corrected chi connectivity index (χ3v) is 3.41. The minimum Gasteiger partial charge on any atom is -0.449 e. The minimum absolute atomic E-state index is 0.191. The van der Waals surface area contributed by atoms with Crippen molar-refractivity contribution in [1.29, 1.82) is 0 Å². The maximum absolute atomic E-state index is 11.8. The van der Waals surface area contributed by atoms with Gasteiger partial charge in [-0.15, -0.1) is 0 Å². The van der Waals surface area contributed by atoms with Gasteiger partial charge >= 0.3 is 12.1 Å². The summed E-state index contributed by atoms with van der Waals surface area (Å²) in [4.78, 5) is 24.9. The number of hydrogen-bond acceptors (Lipinski definition) is 4. The van der Waals surface area contributed by atoms with Gasteiger partial charge in [0.2, 0.25) is 0 Å². The highest BCUT2D eigenvalue weighted by molar-refractivity contribution is 5.90. The van der Waals surface area contributed by atoms with Gasteiger partial charge in [0.15, 0.2) is 0 Å². The van der Waals surface area contributed by atoms with Crippen molar-refractivity contribution in [3.05, 3.63) is 24.3 Å². The van der Waals surface area contributed by atoms with Crippen molar-refractivity contribution in [3.8, 4) is 0 Å². The number of carbonyl (C=O) groups is 2. The lowest BCUT2D eigenvalue weighted by Crippen LogP contribution is -2.33. The number of hydrogen-bond donors (Lipinski definition) is 3. The second-order valence-electron chi connectivity index (χ2n) is 5.83. The standard InChI is InChI=1S/C17H27N3O4/c1-5-24-17(23)20(4)15-8-6-14(7-9-15)19-16(22)18-11-12(2)10-13(3)21/h6-9,12-13,21H,5,10-11H2,1-4H3,(H2,18,19,22)/t12-,13-/m1/s1. The van der Waals surface area contributed by atoms with Gasteiger partial charge in [-0.2, -0.15) is 0 Å². The molecular formula is C17H27N3O4. The molecule has 7 nitrogen and oxygen atoms in total. The Balaban J connectivity index is 2.49. The fraction of sp³-hybridized carbons (Fsp3) is 0.529. The molecule has 0 aromatic heterocycles. The molecule has 0 saturated heterocycles. The van der Waals surface area contributed by atoms with E-state index in [2.05, 4.69) is 10.6 Å². The maximum Gasteiger partial charge on any atom is 0.413 e. The van der Waals surface area contributed by atoms with Gasteiger partial charge in [0.25, 0.3) is 0 Å². The lowest BCUT2D eigenvalue weighted by Gasteiger charge is -2.17. The highest BCUT2D eigenvalue weighted by Crippen LogP contribution is 2.17. The Labute approximate surface area is 143 Å². The molecule has 1 aromatic carbocycles. The van der Waals surface area contributed by atoms with Crippen molar-refractivity contribution in [2.45, 2.75) is 33.3 Å². The van der Waals surface area contributed by atoms with Crippen LogP contribution in [-0.4, -0.2) is 43.5 Å². The van der Waals surface area contributed by atoms with E-state index in [1.54, 1.807) is 45.2 Å². The summed E-state index contributed by atoms with van der Waals surface area (Å²) >= 11 is 0. The van der Waals surface area contributed by atoms with Crippen molar-refractivity contribution in [2.24, 2.45) is 5.92 Å². The second-order valence-corrected chi connectivity index (χ2v) is 5.83. The van der Waals surface area contributed by atoms with Crippen molar-refractivity contribution in [1.82, 2.24) is 5.32 Å². The number of aliphatic hydroxyl groups excluding tert-OH is 1. The zero-order valence-electron chi connectivity index (χ0n) is 14.7. The molecule has 0 bridgehead atoms. The Hall–Kier alpha value is -2.28. The summed E-state index contributed by atoms with van der Waals surface area (Å²) in [5.74, 6) is 0.191. The molecule has 2 atom stereocenters. The normalized spacial score (nSPS) is 12.9. The van der Waals surface area contributed by atoms with Gasteiger partial charge in [-0.25, -0.2) is 9.59 Å². The van der Waals surface area contributed by atoms with Crippen LogP contribution in [-0.2, 0) is 4.74 Å². The zero-order valence-corrected chi connectivity index (χ0v) is 14.7. The number of urea groups is 1. The van der Waals surface area contributed by atoms with Gasteiger partial charge < -0.3 is 20.5 Å². The third-order valence-electron chi connectivity index (χ3n) is 3.41. The van der Waals surface area contributed by atoms with Crippen LogP contribution in [0.3, 0.4) is 0 Å². The molecule has 0 heterocycles. The molecule has 24 heavy (non-hydrogen) atoms. The second kappa shape index (κ2) is 9.77. The van der Waals surface area contributed by atoms with E-state index in [9.17, 15) is 14.7 Å². The summed E-state index contributed by atoms with van der Waals surface area (Å²) in [7, 11) is 1.62. The summed E-state index contributed by atoms with van der Waals surface area (Å²) in [6.07, 6.45) is -0.174. The smallest absolute Gasteiger partial charge is 0.413 e. The Morgan fingerprint density at radius 2 is 1.88 bits per heavy atom. The van der Waals surface area contributed by atoms with E-state index in [0.29, 0.717) is 30.9 Å². The molecule has 0 fully saturated rings. The van der Waals surface area contributed by atoms with Crippen molar-refractivity contribution in [3.63, 3.8) is 0 Å². The highest BCUT2D eigenvalue weighted by atomic mass is 16.6. The molecule has 0 saturated carbocycles. The number of anilines is 2. The number of rotatable bonds is 7. The summed E-state index contributed by atoms with van der Waals surface area (Å²) < 4.78 is 4.92. The van der Waals surface area contributed by atoms with E-state index in [0.717, 1.165) is 0 Å². The van der Waals surface area contributed by atoms with E-state index in [-0.39, 0.29) is 18.1 Å². The van der Waals surface area contributed by atoms with Crippen LogP contribution in [0, 0.1) is 5.92 Å². The average molecular weight is 337 g/mol. The molecule has 7 heteroatoms. The first-order valence-electron chi connectivity index (χ1n) is 8.07. The summed E-state index contributed by atoms with van der Waals surface area (Å²) in [5, 5.41) is 14.8. The van der Waals surface area contributed by atoms with Crippen molar-refractivity contribution in [2.75, 3.05) is 30.4 Å². The highest BCUT2D eigenvalue weighted by Gasteiger charge is 2.12. The quantitative estimate of drug-likeness (QED) is 0.713.